The molecule has 0 spiro atoms. The highest BCUT2D eigenvalue weighted by atomic mass is 31.2. The summed E-state index contributed by atoms with van der Waals surface area (Å²) in [6.45, 7) is 3.09. The first-order valence-corrected chi connectivity index (χ1v) is 12.6. The van der Waals surface area contributed by atoms with Crippen LogP contribution in [0.2, 0.25) is 0 Å². The van der Waals surface area contributed by atoms with Crippen LogP contribution in [0.25, 0.3) is 0 Å². The SMILES string of the molecule is CCCCCCCCCCC(=O)OC(COC(C)=O)COP(=O)([O-])OCC[N+](C)(C)C. The molecule has 2 atom stereocenters. The van der Waals surface area contributed by atoms with Crippen molar-refractivity contribution in [3.63, 3.8) is 0 Å². The Morgan fingerprint density at radius 2 is 1.52 bits per heavy atom. The topological polar surface area (TPSA) is 111 Å². The van der Waals surface area contributed by atoms with Gasteiger partial charge in [-0.1, -0.05) is 51.9 Å². The van der Waals surface area contributed by atoms with E-state index < -0.39 is 32.5 Å². The third kappa shape index (κ3) is 20.7. The Bertz CT molecular complexity index is 550. The fraction of sp³-hybridized carbons (Fsp3) is 0.905. The lowest BCUT2D eigenvalue weighted by Gasteiger charge is -2.28. The van der Waals surface area contributed by atoms with E-state index in [-0.39, 0.29) is 19.6 Å². The molecule has 0 aromatic carbocycles. The molecular formula is C21H42NO8P. The summed E-state index contributed by atoms with van der Waals surface area (Å²) in [5, 5.41) is 0. The predicted octanol–water partition coefficient (Wildman–Crippen LogP) is 3.20. The molecule has 0 aliphatic heterocycles. The molecule has 0 saturated heterocycles. The van der Waals surface area contributed by atoms with Crippen molar-refractivity contribution < 1.29 is 42.1 Å². The van der Waals surface area contributed by atoms with Crippen LogP contribution in [-0.4, -0.2) is 70.0 Å². The third-order valence-corrected chi connectivity index (χ3v) is 5.40. The van der Waals surface area contributed by atoms with Crippen molar-refractivity contribution >= 4 is 19.8 Å². The number of carbonyl (C=O) groups excluding carboxylic acids is 2. The zero-order valence-corrected chi connectivity index (χ0v) is 20.8. The summed E-state index contributed by atoms with van der Waals surface area (Å²) in [5.74, 6) is -1.04. The van der Waals surface area contributed by atoms with Gasteiger partial charge in [-0.05, 0) is 6.42 Å². The number of likely N-dealkylation sites (N-methyl/N-ethyl adjacent to an activating group) is 1. The van der Waals surface area contributed by atoms with E-state index in [1.807, 2.05) is 21.1 Å². The van der Waals surface area contributed by atoms with Crippen LogP contribution < -0.4 is 4.89 Å². The Morgan fingerprint density at radius 3 is 2.06 bits per heavy atom. The van der Waals surface area contributed by atoms with E-state index in [4.69, 9.17) is 18.5 Å². The first-order valence-electron chi connectivity index (χ1n) is 11.2. The highest BCUT2D eigenvalue weighted by Crippen LogP contribution is 2.38. The number of phosphoric acid groups is 1. The van der Waals surface area contributed by atoms with Gasteiger partial charge in [0.25, 0.3) is 7.82 Å². The maximum absolute atomic E-state index is 12.1. The van der Waals surface area contributed by atoms with E-state index in [0.717, 1.165) is 19.3 Å². The maximum atomic E-state index is 12.1. The van der Waals surface area contributed by atoms with Gasteiger partial charge in [-0.25, -0.2) is 0 Å². The third-order valence-electron chi connectivity index (χ3n) is 4.44. The molecule has 0 aliphatic carbocycles. The summed E-state index contributed by atoms with van der Waals surface area (Å²) in [7, 11) is 1.15. The van der Waals surface area contributed by atoms with Crippen molar-refractivity contribution in [1.82, 2.24) is 0 Å². The number of phosphoric ester groups is 1. The van der Waals surface area contributed by atoms with Gasteiger partial charge in [-0.15, -0.1) is 0 Å². The molecule has 0 bridgehead atoms. The van der Waals surface area contributed by atoms with Gasteiger partial charge in [0.1, 0.15) is 19.8 Å². The minimum Gasteiger partial charge on any atom is -0.756 e. The van der Waals surface area contributed by atoms with Gasteiger partial charge in [0.2, 0.25) is 0 Å². The van der Waals surface area contributed by atoms with Crippen molar-refractivity contribution in [2.24, 2.45) is 0 Å². The molecule has 0 aromatic rings. The molecule has 0 N–H and O–H groups in total. The van der Waals surface area contributed by atoms with Crippen molar-refractivity contribution in [2.45, 2.75) is 77.7 Å². The molecule has 0 fully saturated rings. The number of unbranched alkanes of at least 4 members (excludes halogenated alkanes) is 7. The molecular weight excluding hydrogens is 425 g/mol. The number of rotatable bonds is 19. The second-order valence-corrected chi connectivity index (χ2v) is 10.1. The number of quaternary nitrogens is 1. The fourth-order valence-electron chi connectivity index (χ4n) is 2.61. The second kappa shape index (κ2) is 16.6. The van der Waals surface area contributed by atoms with E-state index in [0.29, 0.717) is 17.4 Å². The summed E-state index contributed by atoms with van der Waals surface area (Å²) >= 11 is 0. The van der Waals surface area contributed by atoms with Crippen LogP contribution >= 0.6 is 7.82 Å². The zero-order chi connectivity index (χ0) is 23.8. The molecule has 0 radical (unpaired) electrons. The highest BCUT2D eigenvalue weighted by molar-refractivity contribution is 7.45. The number of esters is 2. The van der Waals surface area contributed by atoms with Crippen LogP contribution in [0.5, 0.6) is 0 Å². The summed E-state index contributed by atoms with van der Waals surface area (Å²) < 4.78 is 32.2. The van der Waals surface area contributed by atoms with Crippen LogP contribution in [0, 0.1) is 0 Å². The van der Waals surface area contributed by atoms with Crippen LogP contribution in [-0.2, 0) is 32.7 Å². The van der Waals surface area contributed by atoms with Crippen molar-refractivity contribution in [1.29, 1.82) is 0 Å². The Labute approximate surface area is 187 Å². The predicted molar refractivity (Wildman–Crippen MR) is 116 cm³/mol. The zero-order valence-electron chi connectivity index (χ0n) is 19.9. The van der Waals surface area contributed by atoms with Crippen molar-refractivity contribution in [3.05, 3.63) is 0 Å². The lowest BCUT2D eigenvalue weighted by molar-refractivity contribution is -0.870. The van der Waals surface area contributed by atoms with E-state index in [1.165, 1.54) is 32.6 Å². The Morgan fingerprint density at radius 1 is 0.935 bits per heavy atom. The molecule has 0 rings (SSSR count). The quantitative estimate of drug-likeness (QED) is 0.123. The van der Waals surface area contributed by atoms with Crippen LogP contribution in [0.1, 0.15) is 71.6 Å². The maximum Gasteiger partial charge on any atom is 0.306 e. The van der Waals surface area contributed by atoms with Crippen LogP contribution in [0.15, 0.2) is 0 Å². The van der Waals surface area contributed by atoms with Gasteiger partial charge in [-0.2, -0.15) is 0 Å². The molecule has 0 heterocycles. The fourth-order valence-corrected chi connectivity index (χ4v) is 3.34. The van der Waals surface area contributed by atoms with Crippen LogP contribution in [0.3, 0.4) is 0 Å². The summed E-state index contributed by atoms with van der Waals surface area (Å²) in [4.78, 5) is 35.1. The molecule has 0 aromatic heterocycles. The molecule has 10 heteroatoms. The first kappa shape index (κ1) is 30.0. The van der Waals surface area contributed by atoms with Gasteiger partial charge in [0.05, 0.1) is 27.7 Å². The molecule has 0 aliphatic rings. The Kier molecular flexibility index (Phi) is 16.1. The van der Waals surface area contributed by atoms with Gasteiger partial charge in [-0.3, -0.25) is 14.2 Å². The van der Waals surface area contributed by atoms with Crippen molar-refractivity contribution in [3.8, 4) is 0 Å². The molecule has 31 heavy (non-hydrogen) atoms. The summed E-state index contributed by atoms with van der Waals surface area (Å²) in [6.07, 6.45) is 8.00. The number of hydrogen-bond acceptors (Lipinski definition) is 8. The van der Waals surface area contributed by atoms with Gasteiger partial charge >= 0.3 is 11.9 Å². The molecule has 2 unspecified atom stereocenters. The second-order valence-electron chi connectivity index (χ2n) is 8.73. The van der Waals surface area contributed by atoms with Gasteiger partial charge in [0, 0.05) is 13.3 Å². The lowest BCUT2D eigenvalue weighted by atomic mass is 10.1. The van der Waals surface area contributed by atoms with E-state index in [2.05, 4.69) is 6.92 Å². The van der Waals surface area contributed by atoms with Gasteiger partial charge in [0.15, 0.2) is 6.10 Å². The largest absolute Gasteiger partial charge is 0.756 e. The Hall–Kier alpha value is -0.990. The van der Waals surface area contributed by atoms with E-state index in [1.54, 1.807) is 0 Å². The molecule has 184 valence electrons. The number of nitrogens with zero attached hydrogens (tertiary/aromatic N) is 1. The first-order chi connectivity index (χ1) is 14.4. The number of hydrogen-bond donors (Lipinski definition) is 0. The summed E-state index contributed by atoms with van der Waals surface area (Å²) in [5.41, 5.74) is 0. The minimum atomic E-state index is -4.56. The number of carbonyl (C=O) groups is 2. The van der Waals surface area contributed by atoms with Crippen molar-refractivity contribution in [2.75, 3.05) is 47.5 Å². The van der Waals surface area contributed by atoms with E-state index >= 15 is 0 Å². The van der Waals surface area contributed by atoms with Crippen LogP contribution in [0.4, 0.5) is 0 Å². The van der Waals surface area contributed by atoms with Gasteiger partial charge < -0.3 is 27.9 Å². The minimum absolute atomic E-state index is 0.0306. The molecule has 0 amide bonds. The Balaban J connectivity index is 4.31. The monoisotopic (exact) mass is 467 g/mol. The van der Waals surface area contributed by atoms with E-state index in [9.17, 15) is 19.0 Å². The highest BCUT2D eigenvalue weighted by Gasteiger charge is 2.21. The number of ether oxygens (including phenoxy) is 2. The normalized spacial score (nSPS) is 14.6. The average Bonchev–Trinajstić information content (AvgIpc) is 2.64. The average molecular weight is 468 g/mol. The lowest BCUT2D eigenvalue weighted by Crippen LogP contribution is -2.37. The molecule has 9 nitrogen and oxygen atoms in total. The standard InChI is InChI=1S/C21H42NO8P/c1-6-7-8-9-10-11-12-13-14-21(24)30-20(17-27-19(2)23)18-29-31(25,26)28-16-15-22(3,4)5/h20H,6-18H2,1-5H3. The summed E-state index contributed by atoms with van der Waals surface area (Å²) in [6, 6.07) is 0. The smallest absolute Gasteiger partial charge is 0.306 e. The molecule has 0 saturated carbocycles.